The summed E-state index contributed by atoms with van der Waals surface area (Å²) in [6, 6.07) is 0. The van der Waals surface area contributed by atoms with Crippen molar-refractivity contribution in [1.29, 1.82) is 0 Å². The van der Waals surface area contributed by atoms with Crippen LogP contribution in [0.15, 0.2) is 17.1 Å². The summed E-state index contributed by atoms with van der Waals surface area (Å²) in [6.45, 7) is 13.0. The number of alkyl carbamates (subject to hydrolysis) is 1. The zero-order valence-electron chi connectivity index (χ0n) is 13.5. The number of ether oxygens (including phenoxy) is 1. The van der Waals surface area contributed by atoms with Crippen LogP contribution in [0.25, 0.3) is 0 Å². The van der Waals surface area contributed by atoms with Crippen molar-refractivity contribution in [3.8, 4) is 0 Å². The maximum Gasteiger partial charge on any atom is 0.407 e. The molecule has 21 heavy (non-hydrogen) atoms. The summed E-state index contributed by atoms with van der Waals surface area (Å²) in [5.74, 6) is 0.424. The van der Waals surface area contributed by atoms with Gasteiger partial charge in [0, 0.05) is 13.1 Å². The highest BCUT2D eigenvalue weighted by atomic mass is 127. The first-order valence-electron chi connectivity index (χ1n) is 6.86. The second kappa shape index (κ2) is 11.6. The van der Waals surface area contributed by atoms with Crippen molar-refractivity contribution in [2.45, 2.75) is 46.1 Å². The molecule has 0 aliphatic carbocycles. The molecule has 0 aromatic rings. The molecule has 0 heterocycles. The first-order chi connectivity index (χ1) is 9.20. The average molecular weight is 412 g/mol. The summed E-state index contributed by atoms with van der Waals surface area (Å²) < 4.78 is 5.12. The third-order valence-corrected chi connectivity index (χ3v) is 2.10. The molecule has 6 nitrogen and oxygen atoms in total. The summed E-state index contributed by atoms with van der Waals surface area (Å²) >= 11 is 0. The van der Waals surface area contributed by atoms with E-state index in [2.05, 4.69) is 22.2 Å². The van der Waals surface area contributed by atoms with E-state index < -0.39 is 5.60 Å². The number of aliphatic imine (C=N–C) groups is 1. The van der Waals surface area contributed by atoms with Crippen LogP contribution in [0.5, 0.6) is 0 Å². The Labute approximate surface area is 145 Å². The van der Waals surface area contributed by atoms with Crippen molar-refractivity contribution in [3.63, 3.8) is 0 Å². The Balaban J connectivity index is 0. The van der Waals surface area contributed by atoms with Crippen molar-refractivity contribution in [3.05, 3.63) is 12.2 Å². The van der Waals surface area contributed by atoms with Gasteiger partial charge in [-0.1, -0.05) is 12.2 Å². The summed E-state index contributed by atoms with van der Waals surface area (Å²) in [5, 5.41) is 5.71. The van der Waals surface area contributed by atoms with Gasteiger partial charge in [0.25, 0.3) is 0 Å². The third-order valence-electron chi connectivity index (χ3n) is 2.10. The van der Waals surface area contributed by atoms with E-state index >= 15 is 0 Å². The molecule has 0 bridgehead atoms. The van der Waals surface area contributed by atoms with Crippen molar-refractivity contribution < 1.29 is 9.53 Å². The average Bonchev–Trinajstić information content (AvgIpc) is 2.28. The van der Waals surface area contributed by atoms with Gasteiger partial charge in [0.05, 0.1) is 6.54 Å². The maximum absolute atomic E-state index is 11.4. The second-order valence-corrected chi connectivity index (χ2v) is 5.72. The molecule has 124 valence electrons. The Morgan fingerprint density at radius 3 is 2.24 bits per heavy atom. The molecule has 0 saturated heterocycles. The zero-order chi connectivity index (χ0) is 15.6. The summed E-state index contributed by atoms with van der Waals surface area (Å²) in [6.07, 6.45) is 1.35. The number of unbranched alkanes of at least 4 members (excludes halogenated alkanes) is 1. The maximum atomic E-state index is 11.4. The van der Waals surface area contributed by atoms with Gasteiger partial charge in [0.2, 0.25) is 0 Å². The Bertz CT molecular complexity index is 351. The minimum atomic E-state index is -0.458. The third kappa shape index (κ3) is 17.0. The summed E-state index contributed by atoms with van der Waals surface area (Å²) in [4.78, 5) is 15.5. The molecule has 0 rings (SSSR count). The Morgan fingerprint density at radius 2 is 1.76 bits per heavy atom. The Hall–Kier alpha value is -0.990. The molecule has 0 aromatic carbocycles. The molecule has 1 amide bonds. The minimum absolute atomic E-state index is 0. The lowest BCUT2D eigenvalue weighted by atomic mass is 10.2. The van der Waals surface area contributed by atoms with Gasteiger partial charge < -0.3 is 21.1 Å². The van der Waals surface area contributed by atoms with Crippen molar-refractivity contribution in [2.24, 2.45) is 10.7 Å². The first-order valence-corrected chi connectivity index (χ1v) is 6.86. The Kier molecular flexibility index (Phi) is 12.4. The van der Waals surface area contributed by atoms with E-state index in [1.54, 1.807) is 0 Å². The number of carbonyl (C=O) groups excluding carboxylic acids is 1. The second-order valence-electron chi connectivity index (χ2n) is 5.72. The largest absolute Gasteiger partial charge is 0.444 e. The topological polar surface area (TPSA) is 88.7 Å². The predicted molar refractivity (Wildman–Crippen MR) is 98.2 cm³/mol. The Morgan fingerprint density at radius 1 is 1.24 bits per heavy atom. The van der Waals surface area contributed by atoms with Crippen LogP contribution in [0.2, 0.25) is 0 Å². The normalized spacial score (nSPS) is 11.3. The number of nitrogens with one attached hydrogen (secondary N) is 2. The van der Waals surface area contributed by atoms with Crippen molar-refractivity contribution >= 4 is 36.0 Å². The lowest BCUT2D eigenvalue weighted by molar-refractivity contribution is 0.0527. The van der Waals surface area contributed by atoms with Gasteiger partial charge in [-0.25, -0.2) is 9.79 Å². The quantitative estimate of drug-likeness (QED) is 0.197. The predicted octanol–water partition coefficient (Wildman–Crippen LogP) is 2.39. The van der Waals surface area contributed by atoms with E-state index in [1.807, 2.05) is 27.7 Å². The summed E-state index contributed by atoms with van der Waals surface area (Å²) in [7, 11) is 0. The number of carbonyl (C=O) groups is 1. The summed E-state index contributed by atoms with van der Waals surface area (Å²) in [5.41, 5.74) is 6.17. The van der Waals surface area contributed by atoms with Crippen LogP contribution in [0.3, 0.4) is 0 Å². The molecular weight excluding hydrogens is 383 g/mol. The molecule has 0 unspecified atom stereocenters. The van der Waals surface area contributed by atoms with Crippen LogP contribution in [-0.2, 0) is 4.74 Å². The molecule has 0 atom stereocenters. The fourth-order valence-electron chi connectivity index (χ4n) is 1.25. The number of amides is 1. The molecule has 7 heteroatoms. The van der Waals surface area contributed by atoms with Crippen molar-refractivity contribution in [2.75, 3.05) is 19.6 Å². The van der Waals surface area contributed by atoms with Gasteiger partial charge in [-0.2, -0.15) is 0 Å². The smallest absolute Gasteiger partial charge is 0.407 e. The van der Waals surface area contributed by atoms with Gasteiger partial charge in [0.15, 0.2) is 5.96 Å². The monoisotopic (exact) mass is 412 g/mol. The molecule has 0 radical (unpaired) electrons. The number of nitrogens with two attached hydrogens (primary N) is 1. The number of halogens is 1. The fraction of sp³-hybridized carbons (Fsp3) is 0.714. The van der Waals surface area contributed by atoms with Crippen molar-refractivity contribution in [1.82, 2.24) is 10.6 Å². The zero-order valence-corrected chi connectivity index (χ0v) is 15.8. The lowest BCUT2D eigenvalue weighted by Crippen LogP contribution is -2.34. The molecular formula is C14H29IN4O2. The number of nitrogens with zero attached hydrogens (tertiary/aromatic N) is 1. The SMILES string of the molecule is C=C(C)CN=C(N)NCCCCNC(=O)OC(C)(C)C.I. The van der Waals surface area contributed by atoms with E-state index in [0.717, 1.165) is 25.0 Å². The molecule has 4 N–H and O–H groups in total. The van der Waals surface area contributed by atoms with Crippen LogP contribution in [0, 0.1) is 0 Å². The van der Waals surface area contributed by atoms with E-state index in [4.69, 9.17) is 10.5 Å². The minimum Gasteiger partial charge on any atom is -0.444 e. The highest BCUT2D eigenvalue weighted by Crippen LogP contribution is 2.06. The van der Waals surface area contributed by atoms with E-state index in [-0.39, 0.29) is 30.1 Å². The molecule has 0 fully saturated rings. The molecule has 0 spiro atoms. The number of hydrogen-bond acceptors (Lipinski definition) is 3. The van der Waals surface area contributed by atoms with Gasteiger partial charge in [-0.3, -0.25) is 0 Å². The molecule has 0 aromatic heterocycles. The van der Waals surface area contributed by atoms with Crippen LogP contribution >= 0.6 is 24.0 Å². The number of rotatable bonds is 7. The van der Waals surface area contributed by atoms with Crippen LogP contribution in [-0.4, -0.2) is 37.3 Å². The molecule has 0 saturated carbocycles. The van der Waals surface area contributed by atoms with E-state index in [0.29, 0.717) is 19.0 Å². The lowest BCUT2D eigenvalue weighted by Gasteiger charge is -2.19. The van der Waals surface area contributed by atoms with Crippen LogP contribution in [0.4, 0.5) is 4.79 Å². The van der Waals surface area contributed by atoms with E-state index in [1.165, 1.54) is 0 Å². The first kappa shape index (κ1) is 22.3. The highest BCUT2D eigenvalue weighted by molar-refractivity contribution is 14.0. The van der Waals surface area contributed by atoms with Crippen LogP contribution in [0.1, 0.15) is 40.5 Å². The fourth-order valence-corrected chi connectivity index (χ4v) is 1.25. The number of hydrogen-bond donors (Lipinski definition) is 3. The van der Waals surface area contributed by atoms with Gasteiger partial charge in [-0.05, 0) is 40.5 Å². The van der Waals surface area contributed by atoms with Gasteiger partial charge in [-0.15, -0.1) is 24.0 Å². The van der Waals surface area contributed by atoms with Gasteiger partial charge >= 0.3 is 6.09 Å². The van der Waals surface area contributed by atoms with Gasteiger partial charge in [0.1, 0.15) is 5.60 Å². The number of guanidine groups is 1. The highest BCUT2D eigenvalue weighted by Gasteiger charge is 2.15. The molecule has 0 aliphatic heterocycles. The van der Waals surface area contributed by atoms with E-state index in [9.17, 15) is 4.79 Å². The van der Waals surface area contributed by atoms with Crippen LogP contribution < -0.4 is 16.4 Å². The molecule has 0 aliphatic rings. The standard InChI is InChI=1S/C14H28N4O2.HI/c1-11(2)10-18-12(15)16-8-6-7-9-17-13(19)20-14(3,4)5;/h1,6-10H2,2-5H3,(H,17,19)(H3,15,16,18);1H.